The molecule has 1 aliphatic heterocycles. The van der Waals surface area contributed by atoms with Crippen LogP contribution in [0.1, 0.15) is 50.5 Å². The standard InChI is InChI=1S/C35H35ClF2O7S/c1-32-10-9-20(40)11-24(32)26(37)13-23-22-14-30-35(29(43)16-39,33(22,2)15-28(42)34(23,32)38)45-31(44-30)19-5-3-18(4-6-19)17-46-21-7-8-27(41)25(36)12-21/h3-12,22-23,26,28,30-31,39,41-42H,13-17H2,1-2H3/t22-,23-,26-,28-,30?,31?,32-,33-,34-,35+/m0/s1. The summed E-state index contributed by atoms with van der Waals surface area (Å²) < 4.78 is 46.3. The monoisotopic (exact) mass is 672 g/mol. The van der Waals surface area contributed by atoms with Gasteiger partial charge in [0.05, 0.1) is 17.2 Å². The average Bonchev–Trinajstić information content (AvgIpc) is 3.53. The topological polar surface area (TPSA) is 113 Å². The summed E-state index contributed by atoms with van der Waals surface area (Å²) in [5.41, 5.74) is -5.04. The number of aliphatic hydroxyl groups is 2. The van der Waals surface area contributed by atoms with Gasteiger partial charge in [0.2, 0.25) is 0 Å². The highest BCUT2D eigenvalue weighted by atomic mass is 35.5. The Morgan fingerprint density at radius 3 is 2.57 bits per heavy atom. The Morgan fingerprint density at radius 1 is 1.13 bits per heavy atom. The molecule has 4 fully saturated rings. The van der Waals surface area contributed by atoms with Crippen molar-refractivity contribution in [3.63, 3.8) is 0 Å². The van der Waals surface area contributed by atoms with Crippen LogP contribution in [0.4, 0.5) is 8.78 Å². The second-order valence-electron chi connectivity index (χ2n) is 13.6. The molecule has 4 aliphatic carbocycles. The molecule has 7 nitrogen and oxygen atoms in total. The molecule has 0 spiro atoms. The van der Waals surface area contributed by atoms with Crippen LogP contribution in [0.25, 0.3) is 0 Å². The minimum atomic E-state index is -2.30. The van der Waals surface area contributed by atoms with Crippen molar-refractivity contribution in [3.05, 3.63) is 82.4 Å². The third-order valence-corrected chi connectivity index (χ3v) is 12.9. The number of benzene rings is 2. The van der Waals surface area contributed by atoms with Crippen LogP contribution in [0.3, 0.4) is 0 Å². The highest BCUT2D eigenvalue weighted by Crippen LogP contribution is 2.72. The fourth-order valence-electron chi connectivity index (χ4n) is 9.23. The van der Waals surface area contributed by atoms with Crippen molar-refractivity contribution in [3.8, 4) is 5.75 Å². The molecule has 11 heteroatoms. The van der Waals surface area contributed by atoms with Crippen LogP contribution in [0, 0.1) is 22.7 Å². The summed E-state index contributed by atoms with van der Waals surface area (Å²) in [7, 11) is 0. The molecule has 244 valence electrons. The van der Waals surface area contributed by atoms with Crippen molar-refractivity contribution in [2.75, 3.05) is 6.61 Å². The van der Waals surface area contributed by atoms with Crippen LogP contribution in [0.15, 0.2) is 71.2 Å². The number of alkyl halides is 2. The lowest BCUT2D eigenvalue weighted by molar-refractivity contribution is -0.235. The van der Waals surface area contributed by atoms with Crippen LogP contribution in [0.2, 0.25) is 5.02 Å². The van der Waals surface area contributed by atoms with E-state index in [4.69, 9.17) is 21.1 Å². The number of rotatable bonds is 6. The molecule has 0 aromatic heterocycles. The van der Waals surface area contributed by atoms with E-state index in [0.29, 0.717) is 11.3 Å². The molecule has 0 radical (unpaired) electrons. The zero-order chi connectivity index (χ0) is 32.8. The Bertz CT molecular complexity index is 1670. The van der Waals surface area contributed by atoms with Gasteiger partial charge in [-0.2, -0.15) is 0 Å². The van der Waals surface area contributed by atoms with Gasteiger partial charge in [0, 0.05) is 33.0 Å². The zero-order valence-electron chi connectivity index (χ0n) is 25.3. The molecule has 0 bridgehead atoms. The Labute approximate surface area is 274 Å². The number of ether oxygens (including phenoxy) is 2. The molecule has 2 aromatic rings. The third-order valence-electron chi connectivity index (χ3n) is 11.5. The lowest BCUT2D eigenvalue weighted by Gasteiger charge is -2.63. The van der Waals surface area contributed by atoms with Gasteiger partial charge in [-0.25, -0.2) is 8.78 Å². The molecule has 3 saturated carbocycles. The zero-order valence-corrected chi connectivity index (χ0v) is 26.9. The molecule has 10 atom stereocenters. The Morgan fingerprint density at radius 2 is 1.87 bits per heavy atom. The number of aromatic hydroxyl groups is 1. The number of phenolic OH excluding ortho intramolecular Hbond substituents is 1. The summed E-state index contributed by atoms with van der Waals surface area (Å²) in [4.78, 5) is 26.7. The van der Waals surface area contributed by atoms with Gasteiger partial charge in [0.1, 0.15) is 18.5 Å². The summed E-state index contributed by atoms with van der Waals surface area (Å²) in [5, 5.41) is 31.8. The maximum absolute atomic E-state index is 17.6. The number of ketones is 2. The van der Waals surface area contributed by atoms with Gasteiger partial charge < -0.3 is 24.8 Å². The van der Waals surface area contributed by atoms with E-state index < -0.39 is 76.8 Å². The van der Waals surface area contributed by atoms with Gasteiger partial charge in [0.15, 0.2) is 29.1 Å². The number of carbonyl (C=O) groups is 2. The first-order valence-electron chi connectivity index (χ1n) is 15.4. The number of carbonyl (C=O) groups excluding carboxylic acids is 2. The first kappa shape index (κ1) is 32.0. The summed E-state index contributed by atoms with van der Waals surface area (Å²) in [6.45, 7) is 2.45. The van der Waals surface area contributed by atoms with Gasteiger partial charge in [-0.1, -0.05) is 48.9 Å². The number of hydrogen-bond acceptors (Lipinski definition) is 8. The van der Waals surface area contributed by atoms with Crippen molar-refractivity contribution in [1.82, 2.24) is 0 Å². The largest absolute Gasteiger partial charge is 0.506 e. The second kappa shape index (κ2) is 11.0. The number of hydrogen-bond donors (Lipinski definition) is 3. The molecule has 2 aromatic carbocycles. The number of fused-ring (bicyclic) bond motifs is 7. The molecule has 3 N–H and O–H groups in total. The molecule has 7 rings (SSSR count). The van der Waals surface area contributed by atoms with Crippen LogP contribution in [-0.2, 0) is 24.8 Å². The van der Waals surface area contributed by atoms with E-state index >= 15 is 8.78 Å². The van der Waals surface area contributed by atoms with Crippen LogP contribution < -0.4 is 0 Å². The fraction of sp³-hybridized carbons (Fsp3) is 0.486. The lowest BCUT2D eigenvalue weighted by Crippen LogP contribution is -2.70. The normalized spacial score (nSPS) is 40.9. The number of allylic oxidation sites excluding steroid dienone is 4. The highest BCUT2D eigenvalue weighted by Gasteiger charge is 2.80. The van der Waals surface area contributed by atoms with E-state index in [1.165, 1.54) is 19.1 Å². The molecule has 1 saturated heterocycles. The number of thioether (sulfide) groups is 1. The van der Waals surface area contributed by atoms with Gasteiger partial charge >= 0.3 is 0 Å². The number of phenols is 1. The smallest absolute Gasteiger partial charge is 0.193 e. The first-order valence-corrected chi connectivity index (χ1v) is 16.8. The Balaban J connectivity index is 1.16. The second-order valence-corrected chi connectivity index (χ2v) is 15.1. The summed E-state index contributed by atoms with van der Waals surface area (Å²) in [6.07, 6.45) is -1.54. The Kier molecular flexibility index (Phi) is 7.62. The van der Waals surface area contributed by atoms with Crippen LogP contribution in [0.5, 0.6) is 5.75 Å². The molecule has 0 amide bonds. The molecule has 46 heavy (non-hydrogen) atoms. The molecular formula is C35H35ClF2O7S. The van der Waals surface area contributed by atoms with Crippen molar-refractivity contribution < 1.29 is 43.2 Å². The van der Waals surface area contributed by atoms with Gasteiger partial charge in [-0.05, 0) is 73.6 Å². The van der Waals surface area contributed by atoms with Crippen molar-refractivity contribution in [1.29, 1.82) is 0 Å². The fourth-order valence-corrected chi connectivity index (χ4v) is 10.4. The average molecular weight is 673 g/mol. The molecular weight excluding hydrogens is 638 g/mol. The van der Waals surface area contributed by atoms with E-state index in [1.807, 2.05) is 24.3 Å². The van der Waals surface area contributed by atoms with E-state index in [0.717, 1.165) is 16.5 Å². The maximum atomic E-state index is 17.6. The van der Waals surface area contributed by atoms with E-state index in [-0.39, 0.29) is 35.6 Å². The quantitative estimate of drug-likeness (QED) is 0.322. The van der Waals surface area contributed by atoms with Gasteiger partial charge in [-0.3, -0.25) is 9.59 Å². The van der Waals surface area contributed by atoms with Crippen molar-refractivity contribution in [2.24, 2.45) is 22.7 Å². The number of halogens is 3. The van der Waals surface area contributed by atoms with Crippen molar-refractivity contribution >= 4 is 34.9 Å². The van der Waals surface area contributed by atoms with Crippen LogP contribution >= 0.6 is 23.4 Å². The number of aliphatic hydroxyl groups excluding tert-OH is 2. The lowest BCUT2D eigenvalue weighted by atomic mass is 9.44. The van der Waals surface area contributed by atoms with Crippen LogP contribution in [-0.4, -0.2) is 63.1 Å². The molecule has 5 aliphatic rings. The minimum absolute atomic E-state index is 0.0195. The summed E-state index contributed by atoms with van der Waals surface area (Å²) in [6, 6.07) is 12.5. The maximum Gasteiger partial charge on any atom is 0.193 e. The third kappa shape index (κ3) is 4.30. The van der Waals surface area contributed by atoms with Crippen molar-refractivity contribution in [2.45, 2.75) is 79.7 Å². The van der Waals surface area contributed by atoms with Gasteiger partial charge in [-0.15, -0.1) is 11.8 Å². The molecule has 1 heterocycles. The van der Waals surface area contributed by atoms with E-state index in [2.05, 4.69) is 0 Å². The first-order chi connectivity index (χ1) is 21.8. The van der Waals surface area contributed by atoms with E-state index in [1.54, 1.807) is 36.9 Å². The van der Waals surface area contributed by atoms with E-state index in [9.17, 15) is 24.9 Å². The summed E-state index contributed by atoms with van der Waals surface area (Å²) in [5.74, 6) is -2.01. The highest BCUT2D eigenvalue weighted by molar-refractivity contribution is 7.98. The minimum Gasteiger partial charge on any atom is -0.506 e. The number of Topliss-reactive ketones (excluding diaryl/α,β-unsaturated/α-hetero) is 1. The predicted molar refractivity (Wildman–Crippen MR) is 167 cm³/mol. The predicted octanol–water partition coefficient (Wildman–Crippen LogP) is 5.98. The molecule has 2 unspecified atom stereocenters. The SMILES string of the molecule is C[C@]12C=CC(=O)C=C1[C@@H](F)C[C@H]1[C@@H]3CC4OC(c5ccc(CSc6ccc(O)c(Cl)c6)cc5)O[C@@]4(C(=O)CO)[C@@]3(C)C[C@H](O)[C@@]12F. The summed E-state index contributed by atoms with van der Waals surface area (Å²) >= 11 is 7.57. The Hall–Kier alpha value is -2.60. The van der Waals surface area contributed by atoms with Gasteiger partial charge in [0.25, 0.3) is 0 Å².